The zero-order chi connectivity index (χ0) is 23.3. The SMILES string of the molecule is Cc1cccc2nc(C(=O)Nc3nc4ccc(-c5cccc(C(F)(F)F)c5)cc4n3C)cn12. The Morgan fingerprint density at radius 2 is 1.73 bits per heavy atom. The third-order valence-corrected chi connectivity index (χ3v) is 5.56. The van der Waals surface area contributed by atoms with Gasteiger partial charge in [0.05, 0.1) is 16.6 Å². The van der Waals surface area contributed by atoms with Crippen molar-refractivity contribution >= 4 is 28.5 Å². The third-order valence-electron chi connectivity index (χ3n) is 5.56. The van der Waals surface area contributed by atoms with Crippen LogP contribution in [0.25, 0.3) is 27.8 Å². The lowest BCUT2D eigenvalue weighted by atomic mass is 10.0. The number of hydrogen-bond acceptors (Lipinski definition) is 3. The van der Waals surface area contributed by atoms with Gasteiger partial charge >= 0.3 is 6.18 Å². The number of nitrogens with one attached hydrogen (secondary N) is 1. The number of alkyl halides is 3. The lowest BCUT2D eigenvalue weighted by Crippen LogP contribution is -2.15. The van der Waals surface area contributed by atoms with E-state index in [1.165, 1.54) is 6.07 Å². The molecule has 0 radical (unpaired) electrons. The molecule has 6 nitrogen and oxygen atoms in total. The van der Waals surface area contributed by atoms with E-state index in [2.05, 4.69) is 15.3 Å². The van der Waals surface area contributed by atoms with Crippen molar-refractivity contribution in [3.8, 4) is 11.1 Å². The van der Waals surface area contributed by atoms with Crippen molar-refractivity contribution in [3.05, 3.63) is 83.8 Å². The summed E-state index contributed by atoms with van der Waals surface area (Å²) in [5.41, 5.74) is 3.49. The molecule has 2 aromatic carbocycles. The van der Waals surface area contributed by atoms with E-state index in [9.17, 15) is 18.0 Å². The first-order valence-electron chi connectivity index (χ1n) is 10.1. The summed E-state index contributed by atoms with van der Waals surface area (Å²) in [4.78, 5) is 21.6. The largest absolute Gasteiger partial charge is 0.416 e. The molecule has 0 fully saturated rings. The fourth-order valence-electron chi connectivity index (χ4n) is 3.78. The summed E-state index contributed by atoms with van der Waals surface area (Å²) in [5.74, 6) is -0.0976. The van der Waals surface area contributed by atoms with Crippen LogP contribution in [0.2, 0.25) is 0 Å². The molecule has 0 atom stereocenters. The van der Waals surface area contributed by atoms with E-state index in [-0.39, 0.29) is 5.69 Å². The van der Waals surface area contributed by atoms with Crippen LogP contribution in [0, 0.1) is 6.92 Å². The molecule has 33 heavy (non-hydrogen) atoms. The number of aromatic nitrogens is 4. The number of benzene rings is 2. The Balaban J connectivity index is 1.47. The summed E-state index contributed by atoms with van der Waals surface area (Å²) in [6, 6.07) is 15.9. The number of pyridine rings is 1. The van der Waals surface area contributed by atoms with Crippen LogP contribution in [0.5, 0.6) is 0 Å². The molecule has 1 N–H and O–H groups in total. The molecule has 3 heterocycles. The van der Waals surface area contributed by atoms with E-state index in [0.29, 0.717) is 33.8 Å². The van der Waals surface area contributed by atoms with Crippen LogP contribution >= 0.6 is 0 Å². The maximum Gasteiger partial charge on any atom is 0.416 e. The van der Waals surface area contributed by atoms with Crippen molar-refractivity contribution in [3.63, 3.8) is 0 Å². The molecule has 1 amide bonds. The summed E-state index contributed by atoms with van der Waals surface area (Å²) in [6.07, 6.45) is -2.76. The van der Waals surface area contributed by atoms with Gasteiger partial charge in [-0.05, 0) is 54.4 Å². The summed E-state index contributed by atoms with van der Waals surface area (Å²) in [6.45, 7) is 1.92. The Kier molecular flexibility index (Phi) is 4.70. The average molecular weight is 449 g/mol. The van der Waals surface area contributed by atoms with Crippen molar-refractivity contribution < 1.29 is 18.0 Å². The summed E-state index contributed by atoms with van der Waals surface area (Å²) in [5, 5.41) is 2.77. The Morgan fingerprint density at radius 1 is 0.970 bits per heavy atom. The fourth-order valence-corrected chi connectivity index (χ4v) is 3.78. The van der Waals surface area contributed by atoms with E-state index >= 15 is 0 Å². The number of imidazole rings is 2. The summed E-state index contributed by atoms with van der Waals surface area (Å²) >= 11 is 0. The fraction of sp³-hybridized carbons (Fsp3) is 0.125. The monoisotopic (exact) mass is 449 g/mol. The van der Waals surface area contributed by atoms with Crippen molar-refractivity contribution in [1.82, 2.24) is 18.9 Å². The van der Waals surface area contributed by atoms with Crippen LogP contribution in [0.4, 0.5) is 19.1 Å². The van der Waals surface area contributed by atoms with Crippen molar-refractivity contribution in [2.45, 2.75) is 13.1 Å². The van der Waals surface area contributed by atoms with E-state index < -0.39 is 17.6 Å². The Labute approximate surface area is 186 Å². The molecule has 0 aliphatic carbocycles. The first kappa shape index (κ1) is 20.7. The minimum Gasteiger partial charge on any atom is -0.313 e. The summed E-state index contributed by atoms with van der Waals surface area (Å²) < 4.78 is 42.8. The molecular weight excluding hydrogens is 431 g/mol. The van der Waals surface area contributed by atoms with Gasteiger partial charge in [-0.15, -0.1) is 0 Å². The van der Waals surface area contributed by atoms with Gasteiger partial charge < -0.3 is 8.97 Å². The topological polar surface area (TPSA) is 64.2 Å². The molecule has 0 bridgehead atoms. The molecule has 0 aliphatic rings. The van der Waals surface area contributed by atoms with E-state index in [0.717, 1.165) is 17.8 Å². The van der Waals surface area contributed by atoms with Crippen molar-refractivity contribution in [2.75, 3.05) is 5.32 Å². The molecule has 0 unspecified atom stereocenters. The van der Waals surface area contributed by atoms with Crippen LogP contribution in [-0.2, 0) is 13.2 Å². The molecule has 0 spiro atoms. The van der Waals surface area contributed by atoms with Crippen LogP contribution < -0.4 is 5.32 Å². The van der Waals surface area contributed by atoms with Gasteiger partial charge in [-0.2, -0.15) is 13.2 Å². The third kappa shape index (κ3) is 3.71. The zero-order valence-electron chi connectivity index (χ0n) is 17.7. The number of fused-ring (bicyclic) bond motifs is 2. The highest BCUT2D eigenvalue weighted by Crippen LogP contribution is 2.33. The minimum atomic E-state index is -4.42. The number of nitrogens with zero attached hydrogens (tertiary/aromatic N) is 4. The minimum absolute atomic E-state index is 0.251. The highest BCUT2D eigenvalue weighted by Gasteiger charge is 2.30. The molecule has 0 saturated heterocycles. The second-order valence-electron chi connectivity index (χ2n) is 7.75. The van der Waals surface area contributed by atoms with Crippen molar-refractivity contribution in [2.24, 2.45) is 7.05 Å². The average Bonchev–Trinajstić information content (AvgIpc) is 3.36. The van der Waals surface area contributed by atoms with Gasteiger partial charge in [0.2, 0.25) is 5.95 Å². The van der Waals surface area contributed by atoms with E-state index in [4.69, 9.17) is 0 Å². The molecule has 5 rings (SSSR count). The number of carbonyl (C=O) groups is 1. The van der Waals surface area contributed by atoms with Gasteiger partial charge in [-0.25, -0.2) is 9.97 Å². The number of rotatable bonds is 3. The van der Waals surface area contributed by atoms with Gasteiger partial charge in [-0.3, -0.25) is 10.1 Å². The zero-order valence-corrected chi connectivity index (χ0v) is 17.7. The Morgan fingerprint density at radius 3 is 2.48 bits per heavy atom. The molecule has 3 aromatic heterocycles. The van der Waals surface area contributed by atoms with Gasteiger partial charge in [0.1, 0.15) is 11.3 Å². The Bertz CT molecular complexity index is 1530. The number of amides is 1. The molecule has 5 aromatic rings. The number of anilines is 1. The molecule has 0 saturated carbocycles. The normalized spacial score (nSPS) is 11.9. The van der Waals surface area contributed by atoms with Crippen molar-refractivity contribution in [1.29, 1.82) is 0 Å². The predicted octanol–water partition coefficient (Wildman–Crippen LogP) is 5.47. The lowest BCUT2D eigenvalue weighted by molar-refractivity contribution is -0.137. The number of hydrogen-bond donors (Lipinski definition) is 1. The maximum atomic E-state index is 13.1. The molecule has 166 valence electrons. The highest BCUT2D eigenvalue weighted by molar-refractivity contribution is 6.03. The number of halogens is 3. The highest BCUT2D eigenvalue weighted by atomic mass is 19.4. The second kappa shape index (κ2) is 7.47. The number of carbonyl (C=O) groups excluding carboxylic acids is 1. The van der Waals surface area contributed by atoms with E-state index in [1.54, 1.807) is 42.1 Å². The number of aryl methyl sites for hydroxylation is 2. The second-order valence-corrected chi connectivity index (χ2v) is 7.75. The first-order valence-corrected chi connectivity index (χ1v) is 10.1. The van der Waals surface area contributed by atoms with E-state index in [1.807, 2.05) is 29.5 Å². The quantitative estimate of drug-likeness (QED) is 0.397. The Hall–Kier alpha value is -4.14. The lowest BCUT2D eigenvalue weighted by Gasteiger charge is -2.09. The van der Waals surface area contributed by atoms with Gasteiger partial charge in [0.15, 0.2) is 0 Å². The summed E-state index contributed by atoms with van der Waals surface area (Å²) in [7, 11) is 1.73. The predicted molar refractivity (Wildman–Crippen MR) is 119 cm³/mol. The smallest absolute Gasteiger partial charge is 0.313 e. The first-order chi connectivity index (χ1) is 15.7. The standard InChI is InChI=1S/C24H18F3N5O/c1-14-5-3-8-21-28-19(13-32(14)21)22(33)30-23-29-18-10-9-16(12-20(18)31(23)2)15-6-4-7-17(11-15)24(25,26)27/h3-13H,1-2H3,(H,29,30,33). The van der Waals surface area contributed by atoms with Gasteiger partial charge in [0, 0.05) is 18.9 Å². The molecule has 0 aliphatic heterocycles. The van der Waals surface area contributed by atoms with Crippen LogP contribution in [0.1, 0.15) is 21.7 Å². The molecular formula is C24H18F3N5O. The maximum absolute atomic E-state index is 13.1. The molecule has 9 heteroatoms. The van der Waals surface area contributed by atoms with Crippen LogP contribution in [0.15, 0.2) is 66.9 Å². The van der Waals surface area contributed by atoms with Crippen LogP contribution in [-0.4, -0.2) is 24.8 Å². The van der Waals surface area contributed by atoms with Crippen LogP contribution in [0.3, 0.4) is 0 Å². The van der Waals surface area contributed by atoms with Gasteiger partial charge in [-0.1, -0.05) is 24.3 Å². The van der Waals surface area contributed by atoms with Gasteiger partial charge in [0.25, 0.3) is 5.91 Å².